The Bertz CT molecular complexity index is 645. The second kappa shape index (κ2) is 6.91. The minimum absolute atomic E-state index is 0.0274. The van der Waals surface area contributed by atoms with Gasteiger partial charge in [0, 0.05) is 0 Å². The van der Waals surface area contributed by atoms with Crippen LogP contribution in [0.2, 0.25) is 0 Å². The van der Waals surface area contributed by atoms with E-state index in [9.17, 15) is 14.9 Å². The summed E-state index contributed by atoms with van der Waals surface area (Å²) in [4.78, 5) is 21.8. The van der Waals surface area contributed by atoms with Gasteiger partial charge in [0.1, 0.15) is 11.6 Å². The topological polar surface area (TPSA) is 112 Å². The van der Waals surface area contributed by atoms with Crippen LogP contribution in [-0.2, 0) is 9.53 Å². The molecule has 0 aliphatic rings. The molecule has 1 rings (SSSR count). The van der Waals surface area contributed by atoms with Gasteiger partial charge in [0.25, 0.3) is 5.69 Å². The van der Waals surface area contributed by atoms with E-state index in [1.807, 2.05) is 0 Å². The van der Waals surface area contributed by atoms with Gasteiger partial charge in [0.2, 0.25) is 0 Å². The number of ether oxygens (including phenoxy) is 3. The lowest BCUT2D eigenvalue weighted by molar-refractivity contribution is -0.385. The summed E-state index contributed by atoms with van der Waals surface area (Å²) in [5.74, 6) is -0.490. The second-order valence-corrected chi connectivity index (χ2v) is 3.68. The highest BCUT2D eigenvalue weighted by molar-refractivity contribution is 5.98. The normalized spacial score (nSPS) is 10.5. The van der Waals surface area contributed by atoms with Crippen molar-refractivity contribution < 1.29 is 23.9 Å². The lowest BCUT2D eigenvalue weighted by Gasteiger charge is -2.09. The first-order valence-corrected chi connectivity index (χ1v) is 5.59. The van der Waals surface area contributed by atoms with Crippen molar-refractivity contribution in [1.82, 2.24) is 0 Å². The maximum absolute atomic E-state index is 11.4. The van der Waals surface area contributed by atoms with Crippen molar-refractivity contribution in [3.63, 3.8) is 0 Å². The number of rotatable bonds is 5. The van der Waals surface area contributed by atoms with Gasteiger partial charge in [0.05, 0.1) is 37.9 Å². The molecule has 0 atom stereocenters. The van der Waals surface area contributed by atoms with Crippen LogP contribution in [0.1, 0.15) is 5.56 Å². The first kappa shape index (κ1) is 16.0. The van der Waals surface area contributed by atoms with Gasteiger partial charge < -0.3 is 14.2 Å². The third-order valence-electron chi connectivity index (χ3n) is 2.56. The molecule has 0 saturated heterocycles. The van der Waals surface area contributed by atoms with Crippen LogP contribution < -0.4 is 9.47 Å². The lowest BCUT2D eigenvalue weighted by Crippen LogP contribution is -2.03. The Morgan fingerprint density at radius 2 is 1.86 bits per heavy atom. The van der Waals surface area contributed by atoms with Crippen LogP contribution in [0.5, 0.6) is 11.5 Å². The molecule has 0 heterocycles. The van der Waals surface area contributed by atoms with Crippen molar-refractivity contribution >= 4 is 17.7 Å². The van der Waals surface area contributed by atoms with Crippen molar-refractivity contribution in [1.29, 1.82) is 5.26 Å². The molecule has 0 N–H and O–H groups in total. The van der Waals surface area contributed by atoms with E-state index in [1.54, 1.807) is 6.07 Å². The van der Waals surface area contributed by atoms with Crippen molar-refractivity contribution in [3.05, 3.63) is 33.4 Å². The number of carbonyl (C=O) groups is 1. The highest BCUT2D eigenvalue weighted by atomic mass is 16.6. The fourth-order valence-corrected chi connectivity index (χ4v) is 1.56. The Labute approximate surface area is 120 Å². The Hall–Kier alpha value is -3.08. The van der Waals surface area contributed by atoms with Crippen LogP contribution in [0.15, 0.2) is 17.7 Å². The van der Waals surface area contributed by atoms with Crippen LogP contribution >= 0.6 is 0 Å². The summed E-state index contributed by atoms with van der Waals surface area (Å²) in [6, 6.07) is 4.08. The van der Waals surface area contributed by atoms with E-state index in [-0.39, 0.29) is 28.3 Å². The van der Waals surface area contributed by atoms with Gasteiger partial charge in [-0.25, -0.2) is 4.79 Å². The van der Waals surface area contributed by atoms with E-state index in [0.717, 1.165) is 19.3 Å². The summed E-state index contributed by atoms with van der Waals surface area (Å²) < 4.78 is 14.4. The molecule has 21 heavy (non-hydrogen) atoms. The zero-order chi connectivity index (χ0) is 16.0. The van der Waals surface area contributed by atoms with E-state index in [4.69, 9.17) is 14.7 Å². The molecule has 0 fully saturated rings. The van der Waals surface area contributed by atoms with Gasteiger partial charge in [-0.1, -0.05) is 0 Å². The fourth-order valence-electron chi connectivity index (χ4n) is 1.56. The SMILES string of the molecule is COC(=O)C(C#N)=Cc1cc(OC)c(OC)cc1[N+](=O)[O-]. The average molecular weight is 292 g/mol. The van der Waals surface area contributed by atoms with Crippen molar-refractivity contribution in [2.24, 2.45) is 0 Å². The highest BCUT2D eigenvalue weighted by Gasteiger charge is 2.20. The predicted molar refractivity (Wildman–Crippen MR) is 71.8 cm³/mol. The van der Waals surface area contributed by atoms with Gasteiger partial charge in [0.15, 0.2) is 11.5 Å². The number of carbonyl (C=O) groups excluding carboxylic acids is 1. The molecule has 0 amide bonds. The van der Waals surface area contributed by atoms with Crippen LogP contribution in [0.4, 0.5) is 5.69 Å². The molecule has 0 unspecified atom stereocenters. The summed E-state index contributed by atoms with van der Waals surface area (Å²) in [5.41, 5.74) is -0.670. The van der Waals surface area contributed by atoms with E-state index < -0.39 is 10.9 Å². The van der Waals surface area contributed by atoms with E-state index >= 15 is 0 Å². The summed E-state index contributed by atoms with van der Waals surface area (Å²) in [6.45, 7) is 0. The Balaban J connectivity index is 3.53. The number of nitro groups is 1. The third-order valence-corrected chi connectivity index (χ3v) is 2.56. The zero-order valence-electron chi connectivity index (χ0n) is 11.6. The van der Waals surface area contributed by atoms with Gasteiger partial charge >= 0.3 is 5.97 Å². The highest BCUT2D eigenvalue weighted by Crippen LogP contribution is 2.35. The number of hydrogen-bond acceptors (Lipinski definition) is 7. The predicted octanol–water partition coefficient (Wildman–Crippen LogP) is 1.69. The molecule has 8 heteroatoms. The quantitative estimate of drug-likeness (QED) is 0.267. The van der Waals surface area contributed by atoms with Crippen molar-refractivity contribution in [2.75, 3.05) is 21.3 Å². The number of nitriles is 1. The fraction of sp³-hybridized carbons (Fsp3) is 0.231. The van der Waals surface area contributed by atoms with E-state index in [1.165, 1.54) is 20.3 Å². The number of methoxy groups -OCH3 is 3. The first-order valence-electron chi connectivity index (χ1n) is 5.59. The molecule has 1 aromatic carbocycles. The molecule has 110 valence electrons. The molecule has 0 bridgehead atoms. The van der Waals surface area contributed by atoms with Gasteiger partial charge in [-0.05, 0) is 12.1 Å². The minimum Gasteiger partial charge on any atom is -0.493 e. The van der Waals surface area contributed by atoms with E-state index in [2.05, 4.69) is 4.74 Å². The molecule has 0 aliphatic carbocycles. The number of hydrogen-bond donors (Lipinski definition) is 0. The maximum Gasteiger partial charge on any atom is 0.348 e. The zero-order valence-corrected chi connectivity index (χ0v) is 11.6. The van der Waals surface area contributed by atoms with Crippen molar-refractivity contribution in [3.8, 4) is 17.6 Å². The summed E-state index contributed by atoms with van der Waals surface area (Å²) in [6.07, 6.45) is 1.06. The molecule has 1 aromatic rings. The molecular formula is C13H12N2O6. The minimum atomic E-state index is -0.887. The lowest BCUT2D eigenvalue weighted by atomic mass is 10.1. The Kier molecular flexibility index (Phi) is 5.25. The van der Waals surface area contributed by atoms with E-state index in [0.29, 0.717) is 0 Å². The van der Waals surface area contributed by atoms with Gasteiger partial charge in [-0.3, -0.25) is 10.1 Å². The molecule has 0 aromatic heterocycles. The molecule has 8 nitrogen and oxygen atoms in total. The first-order chi connectivity index (χ1) is 9.98. The Morgan fingerprint density at radius 1 is 1.29 bits per heavy atom. The Morgan fingerprint density at radius 3 is 2.29 bits per heavy atom. The van der Waals surface area contributed by atoms with Gasteiger partial charge in [-0.15, -0.1) is 0 Å². The number of nitrogens with zero attached hydrogens (tertiary/aromatic N) is 2. The molecule has 0 spiro atoms. The van der Waals surface area contributed by atoms with Crippen LogP contribution in [0.25, 0.3) is 6.08 Å². The van der Waals surface area contributed by atoms with Gasteiger partial charge in [-0.2, -0.15) is 5.26 Å². The monoisotopic (exact) mass is 292 g/mol. The van der Waals surface area contributed by atoms with Crippen LogP contribution in [0, 0.1) is 21.4 Å². The molecule has 0 saturated carbocycles. The molecule has 0 radical (unpaired) electrons. The molecular weight excluding hydrogens is 280 g/mol. The summed E-state index contributed by atoms with van der Waals surface area (Å²) >= 11 is 0. The number of esters is 1. The molecule has 0 aliphatic heterocycles. The average Bonchev–Trinajstić information content (AvgIpc) is 2.50. The second-order valence-electron chi connectivity index (χ2n) is 3.68. The standard InChI is InChI=1S/C13H12N2O6/c1-19-11-5-8(4-9(7-14)13(16)21-3)10(15(17)18)6-12(11)20-2/h4-6H,1-3H3. The third kappa shape index (κ3) is 3.48. The summed E-state index contributed by atoms with van der Waals surface area (Å²) in [7, 11) is 3.81. The van der Waals surface area contributed by atoms with Crippen LogP contribution in [-0.4, -0.2) is 32.2 Å². The number of benzene rings is 1. The largest absolute Gasteiger partial charge is 0.493 e. The van der Waals surface area contributed by atoms with Crippen LogP contribution in [0.3, 0.4) is 0 Å². The smallest absolute Gasteiger partial charge is 0.348 e. The maximum atomic E-state index is 11.4. The number of nitro benzene ring substituents is 1. The summed E-state index contributed by atoms with van der Waals surface area (Å²) in [5, 5.41) is 20.0. The van der Waals surface area contributed by atoms with Crippen molar-refractivity contribution in [2.45, 2.75) is 0 Å².